The molecule has 1 N–H and O–H groups in total. The number of carbonyl (C=O) groups excluding carboxylic acids is 1. The molecule has 0 radical (unpaired) electrons. The summed E-state index contributed by atoms with van der Waals surface area (Å²) in [5.74, 6) is 0.0291. The molecular weight excluding hydrogens is 518 g/mol. The fourth-order valence-electron chi connectivity index (χ4n) is 3.05. The zero-order chi connectivity index (χ0) is 24.7. The van der Waals surface area contributed by atoms with E-state index in [1.54, 1.807) is 48.5 Å². The number of carbonyl (C=O) groups is 1. The first kappa shape index (κ1) is 26.3. The van der Waals surface area contributed by atoms with Gasteiger partial charge < -0.3 is 5.32 Å². The number of hydrogen-bond acceptors (Lipinski definition) is 4. The highest BCUT2D eigenvalue weighted by Crippen LogP contribution is 2.26. The average molecular weight is 541 g/mol. The molecular formula is C24H23Cl2FN2O3S2. The monoisotopic (exact) mass is 540 g/mol. The number of aryl methyl sites for hydroxylation is 1. The number of amides is 1. The zero-order valence-corrected chi connectivity index (χ0v) is 21.4. The molecule has 3 rings (SSSR count). The third kappa shape index (κ3) is 6.88. The molecule has 5 nitrogen and oxygen atoms in total. The summed E-state index contributed by atoms with van der Waals surface area (Å²) in [4.78, 5) is 12.7. The highest BCUT2D eigenvalue weighted by atomic mass is 35.5. The van der Waals surface area contributed by atoms with Gasteiger partial charge >= 0.3 is 0 Å². The number of nitrogens with zero attached hydrogens (tertiary/aromatic N) is 1. The largest absolute Gasteiger partial charge is 0.354 e. The molecule has 0 fully saturated rings. The van der Waals surface area contributed by atoms with Gasteiger partial charge in [-0.25, -0.2) is 12.8 Å². The van der Waals surface area contributed by atoms with Crippen LogP contribution < -0.4 is 9.62 Å². The molecule has 0 aliphatic carbocycles. The van der Waals surface area contributed by atoms with Gasteiger partial charge in [0, 0.05) is 33.7 Å². The third-order valence-electron chi connectivity index (χ3n) is 4.89. The van der Waals surface area contributed by atoms with Crippen LogP contribution in [0, 0.1) is 12.7 Å². The van der Waals surface area contributed by atoms with E-state index in [1.807, 2.05) is 6.92 Å². The van der Waals surface area contributed by atoms with E-state index in [0.717, 1.165) is 9.87 Å². The van der Waals surface area contributed by atoms with Gasteiger partial charge in [-0.05, 0) is 55.5 Å². The Bertz CT molecular complexity index is 1220. The fraction of sp³-hybridized carbons (Fsp3) is 0.208. The molecule has 3 aromatic rings. The van der Waals surface area contributed by atoms with Gasteiger partial charge in [-0.1, -0.05) is 47.0 Å². The summed E-state index contributed by atoms with van der Waals surface area (Å²) in [6, 6.07) is 17.2. The number of halogens is 3. The second-order valence-electron chi connectivity index (χ2n) is 7.40. The van der Waals surface area contributed by atoms with Crippen LogP contribution >= 0.6 is 35.0 Å². The Balaban J connectivity index is 1.64. The summed E-state index contributed by atoms with van der Waals surface area (Å²) in [6.45, 7) is 1.75. The molecule has 34 heavy (non-hydrogen) atoms. The lowest BCUT2D eigenvalue weighted by atomic mass is 10.2. The van der Waals surface area contributed by atoms with E-state index in [0.29, 0.717) is 32.8 Å². The van der Waals surface area contributed by atoms with Crippen molar-refractivity contribution in [2.24, 2.45) is 0 Å². The molecule has 0 aromatic heterocycles. The van der Waals surface area contributed by atoms with Crippen molar-refractivity contribution < 1.29 is 17.6 Å². The minimum absolute atomic E-state index is 0.0816. The van der Waals surface area contributed by atoms with E-state index in [9.17, 15) is 17.6 Å². The number of thioether (sulfide) groups is 1. The van der Waals surface area contributed by atoms with Crippen molar-refractivity contribution in [3.8, 4) is 0 Å². The molecule has 0 aliphatic heterocycles. The number of sulfonamides is 1. The third-order valence-corrected chi connectivity index (χ3v) is 8.27. The van der Waals surface area contributed by atoms with Crippen molar-refractivity contribution in [3.63, 3.8) is 0 Å². The summed E-state index contributed by atoms with van der Waals surface area (Å²) in [7, 11) is -3.99. The molecule has 0 atom stereocenters. The van der Waals surface area contributed by atoms with E-state index in [4.69, 9.17) is 23.2 Å². The summed E-state index contributed by atoms with van der Waals surface area (Å²) >= 11 is 13.4. The maximum absolute atomic E-state index is 13.9. The van der Waals surface area contributed by atoms with Crippen LogP contribution in [0.5, 0.6) is 0 Å². The van der Waals surface area contributed by atoms with Gasteiger partial charge in [-0.15, -0.1) is 0 Å². The minimum Gasteiger partial charge on any atom is -0.354 e. The molecule has 0 bridgehead atoms. The van der Waals surface area contributed by atoms with E-state index < -0.39 is 22.5 Å². The second kappa shape index (κ2) is 11.9. The number of nitrogens with one attached hydrogen (secondary N) is 1. The van der Waals surface area contributed by atoms with Gasteiger partial charge in [0.05, 0.1) is 10.6 Å². The fourth-order valence-corrected chi connectivity index (χ4v) is 5.80. The molecule has 1 amide bonds. The van der Waals surface area contributed by atoms with Crippen LogP contribution in [0.3, 0.4) is 0 Å². The Morgan fingerprint density at radius 2 is 1.71 bits per heavy atom. The van der Waals surface area contributed by atoms with Crippen molar-refractivity contribution in [2.75, 3.05) is 23.1 Å². The zero-order valence-electron chi connectivity index (χ0n) is 18.3. The molecule has 10 heteroatoms. The van der Waals surface area contributed by atoms with Crippen LogP contribution in [0.25, 0.3) is 0 Å². The van der Waals surface area contributed by atoms with Crippen LogP contribution in [-0.4, -0.2) is 33.2 Å². The predicted molar refractivity (Wildman–Crippen MR) is 138 cm³/mol. The standard InChI is InChI=1S/C24H23Cl2FN2O3S2/c1-17-5-11-20(12-6-17)34(31,32)29(19-9-7-18(25)8-10-19)15-24(30)28-13-14-33-16-21-22(26)3-2-4-23(21)27/h2-12H,13-16H2,1H3,(H,28,30). The quantitative estimate of drug-likeness (QED) is 0.335. The van der Waals surface area contributed by atoms with Crippen LogP contribution in [0.4, 0.5) is 10.1 Å². The van der Waals surface area contributed by atoms with Gasteiger partial charge in [0.15, 0.2) is 0 Å². The molecule has 3 aromatic carbocycles. The number of anilines is 1. The lowest BCUT2D eigenvalue weighted by Crippen LogP contribution is -2.41. The van der Waals surface area contributed by atoms with Crippen molar-refractivity contribution in [3.05, 3.63) is 93.7 Å². The smallest absolute Gasteiger partial charge is 0.264 e. The van der Waals surface area contributed by atoms with Crippen molar-refractivity contribution in [1.29, 1.82) is 0 Å². The van der Waals surface area contributed by atoms with Gasteiger partial charge in [0.25, 0.3) is 10.0 Å². The van der Waals surface area contributed by atoms with Gasteiger partial charge in [0.1, 0.15) is 12.4 Å². The van der Waals surface area contributed by atoms with E-state index >= 15 is 0 Å². The number of hydrogen-bond donors (Lipinski definition) is 1. The maximum Gasteiger partial charge on any atom is 0.264 e. The van der Waals surface area contributed by atoms with Crippen molar-refractivity contribution in [1.82, 2.24) is 5.32 Å². The molecule has 0 unspecified atom stereocenters. The second-order valence-corrected chi connectivity index (χ2v) is 11.2. The Hall–Kier alpha value is -2.26. The van der Waals surface area contributed by atoms with E-state index in [2.05, 4.69) is 5.32 Å². The molecule has 0 aliphatic rings. The first-order chi connectivity index (χ1) is 16.2. The van der Waals surface area contributed by atoms with Crippen molar-refractivity contribution >= 4 is 56.6 Å². The summed E-state index contributed by atoms with van der Waals surface area (Å²) in [6.07, 6.45) is 0. The normalized spacial score (nSPS) is 11.3. The van der Waals surface area contributed by atoms with Crippen LogP contribution in [0.1, 0.15) is 11.1 Å². The topological polar surface area (TPSA) is 66.5 Å². The van der Waals surface area contributed by atoms with Gasteiger partial charge in [-0.3, -0.25) is 9.10 Å². The average Bonchev–Trinajstić information content (AvgIpc) is 2.80. The van der Waals surface area contributed by atoms with Crippen LogP contribution in [0.2, 0.25) is 10.0 Å². The summed E-state index contributed by atoms with van der Waals surface area (Å²) in [5, 5.41) is 3.53. The molecule has 0 heterocycles. The lowest BCUT2D eigenvalue weighted by Gasteiger charge is -2.24. The Kier molecular flexibility index (Phi) is 9.24. The van der Waals surface area contributed by atoms with Gasteiger partial charge in [-0.2, -0.15) is 11.8 Å². The Morgan fingerprint density at radius 3 is 2.35 bits per heavy atom. The van der Waals surface area contributed by atoms with Crippen LogP contribution in [-0.2, 0) is 20.6 Å². The van der Waals surface area contributed by atoms with E-state index in [1.165, 1.54) is 30.0 Å². The highest BCUT2D eigenvalue weighted by molar-refractivity contribution is 7.98. The molecule has 180 valence electrons. The SMILES string of the molecule is Cc1ccc(S(=O)(=O)N(CC(=O)NCCSCc2c(F)cccc2Cl)c2ccc(Cl)cc2)cc1. The molecule has 0 saturated carbocycles. The maximum atomic E-state index is 13.9. The summed E-state index contributed by atoms with van der Waals surface area (Å²) in [5.41, 5.74) is 1.66. The number of benzene rings is 3. The first-order valence-electron chi connectivity index (χ1n) is 10.3. The summed E-state index contributed by atoms with van der Waals surface area (Å²) < 4.78 is 41.5. The minimum atomic E-state index is -3.99. The Morgan fingerprint density at radius 1 is 1.03 bits per heavy atom. The van der Waals surface area contributed by atoms with E-state index in [-0.39, 0.29) is 17.3 Å². The molecule has 0 saturated heterocycles. The predicted octanol–water partition coefficient (Wildman–Crippen LogP) is 5.69. The first-order valence-corrected chi connectivity index (χ1v) is 13.7. The van der Waals surface area contributed by atoms with Crippen LogP contribution in [0.15, 0.2) is 71.6 Å². The Labute approximate surface area is 213 Å². The lowest BCUT2D eigenvalue weighted by molar-refractivity contribution is -0.119. The number of rotatable bonds is 10. The van der Waals surface area contributed by atoms with Gasteiger partial charge in [0.2, 0.25) is 5.91 Å². The molecule has 0 spiro atoms. The van der Waals surface area contributed by atoms with Crippen molar-refractivity contribution in [2.45, 2.75) is 17.6 Å². The highest BCUT2D eigenvalue weighted by Gasteiger charge is 2.27.